The Hall–Kier alpha value is -1.25. The van der Waals surface area contributed by atoms with Crippen LogP contribution >= 0.6 is 0 Å². The highest BCUT2D eigenvalue weighted by molar-refractivity contribution is 5.75. The lowest BCUT2D eigenvalue weighted by molar-refractivity contribution is 0.0120. The molecule has 1 aliphatic rings. The molecule has 19 heavy (non-hydrogen) atoms. The lowest BCUT2D eigenvalue weighted by Gasteiger charge is -2.41. The number of hydrogen-bond acceptors (Lipinski definition) is 3. The van der Waals surface area contributed by atoms with Crippen molar-refractivity contribution in [3.05, 3.63) is 0 Å². The van der Waals surface area contributed by atoms with Crippen molar-refractivity contribution in [1.82, 2.24) is 15.1 Å². The predicted octanol–water partition coefficient (Wildman–Crippen LogP) is 0.496. The third-order valence-corrected chi connectivity index (χ3v) is 3.09. The van der Waals surface area contributed by atoms with Crippen LogP contribution in [-0.4, -0.2) is 65.3 Å². The van der Waals surface area contributed by atoms with Crippen LogP contribution < -0.4 is 5.32 Å². The Balaban J connectivity index is 2.44. The minimum Gasteiger partial charge on any atom is -0.389 e. The van der Waals surface area contributed by atoms with Gasteiger partial charge in [-0.1, -0.05) is 5.92 Å². The summed E-state index contributed by atoms with van der Waals surface area (Å²) in [6, 6.07) is 0.0869. The molecule has 0 aromatic rings. The van der Waals surface area contributed by atoms with E-state index >= 15 is 0 Å². The second-order valence-corrected chi connectivity index (χ2v) is 5.68. The number of amides is 2. The van der Waals surface area contributed by atoms with E-state index in [1.165, 1.54) is 0 Å². The largest absolute Gasteiger partial charge is 0.389 e. The van der Waals surface area contributed by atoms with Crippen LogP contribution in [0.4, 0.5) is 4.79 Å². The molecule has 5 heteroatoms. The summed E-state index contributed by atoms with van der Waals surface area (Å²) < 4.78 is 0. The van der Waals surface area contributed by atoms with E-state index < -0.39 is 5.60 Å². The van der Waals surface area contributed by atoms with Gasteiger partial charge in [0.15, 0.2) is 0 Å². The number of urea groups is 1. The number of hydrogen-bond donors (Lipinski definition) is 2. The van der Waals surface area contributed by atoms with Crippen molar-refractivity contribution in [3.8, 4) is 11.8 Å². The molecule has 108 valence electrons. The van der Waals surface area contributed by atoms with Gasteiger partial charge in [-0.15, -0.1) is 5.92 Å². The SMILES string of the molecule is CC#CCNC(=O)N1CCN(CC(C)(C)O)C[C@@H]1C. The topological polar surface area (TPSA) is 55.8 Å². The molecule has 2 N–H and O–H groups in total. The van der Waals surface area contributed by atoms with Gasteiger partial charge >= 0.3 is 6.03 Å². The summed E-state index contributed by atoms with van der Waals surface area (Å²) in [4.78, 5) is 16.0. The van der Waals surface area contributed by atoms with E-state index in [-0.39, 0.29) is 12.1 Å². The Kier molecular flexibility index (Phi) is 5.64. The predicted molar refractivity (Wildman–Crippen MR) is 75.8 cm³/mol. The summed E-state index contributed by atoms with van der Waals surface area (Å²) in [6.07, 6.45) is 0. The zero-order chi connectivity index (χ0) is 14.5. The minimum absolute atomic E-state index is 0.0573. The third-order valence-electron chi connectivity index (χ3n) is 3.09. The summed E-state index contributed by atoms with van der Waals surface area (Å²) in [5.74, 6) is 5.57. The van der Waals surface area contributed by atoms with E-state index in [1.807, 2.05) is 11.8 Å². The van der Waals surface area contributed by atoms with Crippen molar-refractivity contribution in [2.45, 2.75) is 39.3 Å². The van der Waals surface area contributed by atoms with E-state index in [1.54, 1.807) is 20.8 Å². The first-order chi connectivity index (χ1) is 8.83. The number of nitrogens with one attached hydrogen (secondary N) is 1. The molecule has 1 heterocycles. The minimum atomic E-state index is -0.694. The Morgan fingerprint density at radius 3 is 2.68 bits per heavy atom. The summed E-state index contributed by atoms with van der Waals surface area (Å²) in [5.41, 5.74) is -0.694. The van der Waals surface area contributed by atoms with E-state index in [2.05, 4.69) is 22.1 Å². The summed E-state index contributed by atoms with van der Waals surface area (Å²) in [5, 5.41) is 12.6. The Bertz CT molecular complexity index is 365. The first-order valence-corrected chi connectivity index (χ1v) is 6.72. The summed E-state index contributed by atoms with van der Waals surface area (Å²) in [7, 11) is 0. The van der Waals surface area contributed by atoms with Crippen LogP contribution in [0, 0.1) is 11.8 Å². The lowest BCUT2D eigenvalue weighted by Crippen LogP contribution is -2.58. The highest BCUT2D eigenvalue weighted by atomic mass is 16.3. The van der Waals surface area contributed by atoms with Crippen molar-refractivity contribution in [2.24, 2.45) is 0 Å². The van der Waals surface area contributed by atoms with E-state index in [9.17, 15) is 9.90 Å². The van der Waals surface area contributed by atoms with Crippen molar-refractivity contribution in [2.75, 3.05) is 32.7 Å². The number of carbonyl (C=O) groups excluding carboxylic acids is 1. The summed E-state index contributed by atoms with van der Waals surface area (Å²) in [6.45, 7) is 10.7. The first kappa shape index (κ1) is 15.8. The molecule has 0 unspecified atom stereocenters. The van der Waals surface area contributed by atoms with Crippen LogP contribution in [0.3, 0.4) is 0 Å². The fraction of sp³-hybridized carbons (Fsp3) is 0.786. The molecule has 1 fully saturated rings. The molecule has 0 bridgehead atoms. The van der Waals surface area contributed by atoms with Crippen molar-refractivity contribution < 1.29 is 9.90 Å². The molecular weight excluding hydrogens is 242 g/mol. The maximum absolute atomic E-state index is 12.0. The van der Waals surface area contributed by atoms with Gasteiger partial charge in [-0.25, -0.2) is 4.79 Å². The van der Waals surface area contributed by atoms with Gasteiger partial charge in [0.2, 0.25) is 0 Å². The fourth-order valence-electron chi connectivity index (χ4n) is 2.34. The van der Waals surface area contributed by atoms with Crippen LogP contribution in [0.2, 0.25) is 0 Å². The zero-order valence-electron chi connectivity index (χ0n) is 12.4. The molecular formula is C14H25N3O2. The van der Waals surface area contributed by atoms with Gasteiger partial charge in [0.1, 0.15) is 0 Å². The maximum atomic E-state index is 12.0. The average molecular weight is 267 g/mol. The maximum Gasteiger partial charge on any atom is 0.318 e. The standard InChI is InChI=1S/C14H25N3O2/c1-5-6-7-15-13(18)17-9-8-16(10-12(17)2)11-14(3,4)19/h12,19H,7-11H2,1-4H3,(H,15,18)/t12-/m0/s1. The smallest absolute Gasteiger partial charge is 0.318 e. The monoisotopic (exact) mass is 267 g/mol. The Morgan fingerprint density at radius 1 is 1.47 bits per heavy atom. The van der Waals surface area contributed by atoms with Crippen LogP contribution in [0.5, 0.6) is 0 Å². The normalized spacial score (nSPS) is 20.7. The average Bonchev–Trinajstić information content (AvgIpc) is 2.27. The summed E-state index contributed by atoms with van der Waals surface area (Å²) >= 11 is 0. The molecule has 2 amide bonds. The molecule has 0 radical (unpaired) electrons. The fourth-order valence-corrected chi connectivity index (χ4v) is 2.34. The molecule has 0 aromatic carbocycles. The molecule has 0 saturated carbocycles. The number of carbonyl (C=O) groups is 1. The highest BCUT2D eigenvalue weighted by Crippen LogP contribution is 2.13. The zero-order valence-corrected chi connectivity index (χ0v) is 12.4. The molecule has 1 rings (SSSR count). The van der Waals surface area contributed by atoms with Crippen LogP contribution in [-0.2, 0) is 0 Å². The number of piperazine rings is 1. The molecule has 0 aliphatic carbocycles. The van der Waals surface area contributed by atoms with Gasteiger partial charge < -0.3 is 15.3 Å². The Labute approximate surface area is 116 Å². The van der Waals surface area contributed by atoms with Gasteiger partial charge in [0.05, 0.1) is 12.1 Å². The van der Waals surface area contributed by atoms with Gasteiger partial charge in [-0.05, 0) is 27.7 Å². The number of β-amino-alcohol motifs (C(OH)–C–C–N with tert-alkyl or cyclic N) is 1. The van der Waals surface area contributed by atoms with Crippen molar-refractivity contribution in [3.63, 3.8) is 0 Å². The molecule has 0 spiro atoms. The first-order valence-electron chi connectivity index (χ1n) is 6.72. The van der Waals surface area contributed by atoms with Crippen molar-refractivity contribution in [1.29, 1.82) is 0 Å². The molecule has 1 aliphatic heterocycles. The molecule has 1 atom stereocenters. The second kappa shape index (κ2) is 6.78. The number of rotatable bonds is 3. The molecule has 5 nitrogen and oxygen atoms in total. The van der Waals surface area contributed by atoms with E-state index in [0.29, 0.717) is 19.6 Å². The van der Waals surface area contributed by atoms with Gasteiger partial charge in [-0.3, -0.25) is 4.90 Å². The van der Waals surface area contributed by atoms with Gasteiger partial charge in [-0.2, -0.15) is 0 Å². The molecule has 1 saturated heterocycles. The van der Waals surface area contributed by atoms with Crippen LogP contribution in [0.25, 0.3) is 0 Å². The van der Waals surface area contributed by atoms with E-state index in [0.717, 1.165) is 13.1 Å². The molecule has 0 aromatic heterocycles. The van der Waals surface area contributed by atoms with Gasteiger partial charge in [0, 0.05) is 32.2 Å². The number of nitrogens with zero attached hydrogens (tertiary/aromatic N) is 2. The van der Waals surface area contributed by atoms with Crippen LogP contribution in [0.15, 0.2) is 0 Å². The highest BCUT2D eigenvalue weighted by Gasteiger charge is 2.29. The number of aliphatic hydroxyl groups is 1. The van der Waals surface area contributed by atoms with Crippen LogP contribution in [0.1, 0.15) is 27.7 Å². The van der Waals surface area contributed by atoms with Crippen molar-refractivity contribution >= 4 is 6.03 Å². The quantitative estimate of drug-likeness (QED) is 0.732. The Morgan fingerprint density at radius 2 is 2.16 bits per heavy atom. The third kappa shape index (κ3) is 5.50. The second-order valence-electron chi connectivity index (χ2n) is 5.68. The lowest BCUT2D eigenvalue weighted by atomic mass is 10.1. The van der Waals surface area contributed by atoms with Gasteiger partial charge in [0.25, 0.3) is 0 Å². The van der Waals surface area contributed by atoms with E-state index in [4.69, 9.17) is 0 Å².